The first-order valence-electron chi connectivity index (χ1n) is 10.6. The Morgan fingerprint density at radius 2 is 1.80 bits per heavy atom. The second-order valence-electron chi connectivity index (χ2n) is 7.92. The van der Waals surface area contributed by atoms with Gasteiger partial charge in [-0.15, -0.1) is 0 Å². The molecule has 4 rings (SSSR count). The fraction of sp³-hybridized carbons (Fsp3) is 0.455. The van der Waals surface area contributed by atoms with Gasteiger partial charge < -0.3 is 4.90 Å². The number of nitrogens with zero attached hydrogens (tertiary/aromatic N) is 5. The molecule has 8 heteroatoms. The van der Waals surface area contributed by atoms with E-state index in [9.17, 15) is 8.42 Å². The number of unbranched alkanes of at least 4 members (excludes halogenated alkanes) is 2. The van der Waals surface area contributed by atoms with Crippen LogP contribution in [0.5, 0.6) is 0 Å². The molecule has 2 aromatic heterocycles. The predicted molar refractivity (Wildman–Crippen MR) is 118 cm³/mol. The van der Waals surface area contributed by atoms with E-state index < -0.39 is 10.0 Å². The lowest BCUT2D eigenvalue weighted by Gasteiger charge is -2.34. The third-order valence-corrected chi connectivity index (χ3v) is 7.61. The topological polar surface area (TPSA) is 71.3 Å². The van der Waals surface area contributed by atoms with Crippen molar-refractivity contribution in [3.8, 4) is 0 Å². The zero-order valence-corrected chi connectivity index (χ0v) is 18.3. The third kappa shape index (κ3) is 4.71. The number of pyridine rings is 1. The minimum atomic E-state index is -3.54. The smallest absolute Gasteiger partial charge is 0.245 e. The van der Waals surface area contributed by atoms with Crippen LogP contribution in [0.4, 0.5) is 0 Å². The minimum Gasteiger partial charge on any atom is -0.301 e. The van der Waals surface area contributed by atoms with Crippen LogP contribution in [-0.4, -0.2) is 65.1 Å². The van der Waals surface area contributed by atoms with E-state index in [1.807, 2.05) is 42.2 Å². The van der Waals surface area contributed by atoms with Gasteiger partial charge in [0.2, 0.25) is 10.0 Å². The number of hydrogen-bond donors (Lipinski definition) is 0. The van der Waals surface area contributed by atoms with Gasteiger partial charge in [0, 0.05) is 56.7 Å². The monoisotopic (exact) mass is 427 g/mol. The molecule has 0 aliphatic carbocycles. The van der Waals surface area contributed by atoms with Crippen molar-refractivity contribution < 1.29 is 8.42 Å². The summed E-state index contributed by atoms with van der Waals surface area (Å²) in [5, 5.41) is 5.09. The fourth-order valence-electron chi connectivity index (χ4n) is 4.00. The van der Waals surface area contributed by atoms with E-state index in [1.165, 1.54) is 0 Å². The Labute approximate surface area is 178 Å². The molecule has 0 spiro atoms. The number of fused-ring (bicyclic) bond motifs is 1. The number of benzene rings is 1. The van der Waals surface area contributed by atoms with E-state index in [0.29, 0.717) is 23.5 Å². The summed E-state index contributed by atoms with van der Waals surface area (Å²) in [6.07, 6.45) is 8.92. The van der Waals surface area contributed by atoms with Crippen LogP contribution in [-0.2, 0) is 16.6 Å². The molecule has 0 N–H and O–H groups in total. The number of para-hydroxylation sites is 1. The molecule has 1 aliphatic rings. The molecule has 0 amide bonds. The standard InChI is InChI=1S/C22H29N5O2S/c1-19-17-20-7-5-8-21(22(20)23-18-19)30(28,29)27-15-13-25(14-16-27)10-3-2-4-11-26-12-6-9-24-26/h5-9,12,17-18H,2-4,10-11,13-16H2,1H3. The summed E-state index contributed by atoms with van der Waals surface area (Å²) in [5.41, 5.74) is 1.58. The van der Waals surface area contributed by atoms with Gasteiger partial charge in [-0.05, 0) is 50.1 Å². The summed E-state index contributed by atoms with van der Waals surface area (Å²) in [7, 11) is -3.54. The molecule has 1 saturated heterocycles. The van der Waals surface area contributed by atoms with Crippen LogP contribution < -0.4 is 0 Å². The Morgan fingerprint density at radius 3 is 2.57 bits per heavy atom. The van der Waals surface area contributed by atoms with Crippen molar-refractivity contribution in [2.75, 3.05) is 32.7 Å². The van der Waals surface area contributed by atoms with Gasteiger partial charge in [-0.25, -0.2) is 8.42 Å². The second-order valence-corrected chi connectivity index (χ2v) is 9.82. The van der Waals surface area contributed by atoms with Gasteiger partial charge in [0.05, 0.1) is 5.52 Å². The van der Waals surface area contributed by atoms with Crippen LogP contribution in [0.25, 0.3) is 10.9 Å². The first kappa shape index (κ1) is 21.0. The average Bonchev–Trinajstić information content (AvgIpc) is 3.27. The summed E-state index contributed by atoms with van der Waals surface area (Å²) < 4.78 is 30.1. The van der Waals surface area contributed by atoms with E-state index in [4.69, 9.17) is 0 Å². The number of piperazine rings is 1. The van der Waals surface area contributed by atoms with E-state index >= 15 is 0 Å². The molecule has 7 nitrogen and oxygen atoms in total. The number of sulfonamides is 1. The number of aryl methyl sites for hydroxylation is 2. The molecular formula is C22H29N5O2S. The Balaban J connectivity index is 1.30. The highest BCUT2D eigenvalue weighted by Gasteiger charge is 2.30. The molecule has 0 radical (unpaired) electrons. The Morgan fingerprint density at radius 1 is 1.00 bits per heavy atom. The van der Waals surface area contributed by atoms with Crippen molar-refractivity contribution in [1.82, 2.24) is 24.0 Å². The lowest BCUT2D eigenvalue weighted by molar-refractivity contribution is 0.185. The number of aromatic nitrogens is 3. The molecule has 1 fully saturated rings. The normalized spacial score (nSPS) is 16.3. The number of rotatable bonds is 8. The first-order chi connectivity index (χ1) is 14.5. The minimum absolute atomic E-state index is 0.312. The van der Waals surface area contributed by atoms with Crippen molar-refractivity contribution in [3.63, 3.8) is 0 Å². The molecule has 0 unspecified atom stereocenters. The van der Waals surface area contributed by atoms with Crippen molar-refractivity contribution >= 4 is 20.9 Å². The van der Waals surface area contributed by atoms with Crippen LogP contribution >= 0.6 is 0 Å². The fourth-order valence-corrected chi connectivity index (χ4v) is 5.59. The van der Waals surface area contributed by atoms with E-state index in [2.05, 4.69) is 15.0 Å². The molecule has 3 heterocycles. The first-order valence-corrected chi connectivity index (χ1v) is 12.0. The van der Waals surface area contributed by atoms with Crippen LogP contribution in [0.2, 0.25) is 0 Å². The Hall–Kier alpha value is -2.29. The third-order valence-electron chi connectivity index (χ3n) is 5.68. The van der Waals surface area contributed by atoms with Crippen molar-refractivity contribution in [2.24, 2.45) is 0 Å². The largest absolute Gasteiger partial charge is 0.301 e. The second kappa shape index (κ2) is 9.24. The SMILES string of the molecule is Cc1cnc2c(S(=O)(=O)N3CCN(CCCCCn4cccn4)CC3)cccc2c1. The van der Waals surface area contributed by atoms with Crippen molar-refractivity contribution in [1.29, 1.82) is 0 Å². The molecule has 0 bridgehead atoms. The van der Waals surface area contributed by atoms with Crippen LogP contribution in [0.3, 0.4) is 0 Å². The zero-order valence-electron chi connectivity index (χ0n) is 17.4. The summed E-state index contributed by atoms with van der Waals surface area (Å²) in [5.74, 6) is 0. The summed E-state index contributed by atoms with van der Waals surface area (Å²) >= 11 is 0. The lowest BCUT2D eigenvalue weighted by atomic mass is 10.2. The van der Waals surface area contributed by atoms with Gasteiger partial charge in [0.25, 0.3) is 0 Å². The number of hydrogen-bond acceptors (Lipinski definition) is 5. The molecule has 0 saturated carbocycles. The van der Waals surface area contributed by atoms with Crippen LogP contribution in [0, 0.1) is 6.92 Å². The van der Waals surface area contributed by atoms with Gasteiger partial charge in [0.15, 0.2) is 0 Å². The van der Waals surface area contributed by atoms with Crippen LogP contribution in [0.1, 0.15) is 24.8 Å². The van der Waals surface area contributed by atoms with Gasteiger partial charge in [0.1, 0.15) is 4.90 Å². The average molecular weight is 428 g/mol. The Bertz CT molecular complexity index is 1070. The highest BCUT2D eigenvalue weighted by Crippen LogP contribution is 2.25. The molecule has 3 aromatic rings. The molecule has 1 aromatic carbocycles. The van der Waals surface area contributed by atoms with E-state index in [1.54, 1.807) is 22.6 Å². The maximum atomic E-state index is 13.3. The summed E-state index contributed by atoms with van der Waals surface area (Å²) in [4.78, 5) is 7.09. The van der Waals surface area contributed by atoms with E-state index in [-0.39, 0.29) is 0 Å². The molecule has 1 aliphatic heterocycles. The highest BCUT2D eigenvalue weighted by atomic mass is 32.2. The molecule has 160 valence electrons. The quantitative estimate of drug-likeness (QED) is 0.517. The summed E-state index contributed by atoms with van der Waals surface area (Å²) in [6.45, 7) is 6.53. The summed E-state index contributed by atoms with van der Waals surface area (Å²) in [6, 6.07) is 9.31. The predicted octanol–water partition coefficient (Wildman–Crippen LogP) is 2.92. The van der Waals surface area contributed by atoms with Crippen molar-refractivity contribution in [2.45, 2.75) is 37.6 Å². The maximum absolute atomic E-state index is 13.3. The van der Waals surface area contributed by atoms with Gasteiger partial charge >= 0.3 is 0 Å². The van der Waals surface area contributed by atoms with E-state index in [0.717, 1.165) is 56.4 Å². The van der Waals surface area contributed by atoms with Gasteiger partial charge in [-0.3, -0.25) is 9.67 Å². The van der Waals surface area contributed by atoms with Crippen molar-refractivity contribution in [3.05, 3.63) is 54.5 Å². The lowest BCUT2D eigenvalue weighted by Crippen LogP contribution is -2.48. The van der Waals surface area contributed by atoms with Gasteiger partial charge in [-0.2, -0.15) is 9.40 Å². The van der Waals surface area contributed by atoms with Crippen LogP contribution in [0.15, 0.2) is 53.8 Å². The maximum Gasteiger partial charge on any atom is 0.245 e. The highest BCUT2D eigenvalue weighted by molar-refractivity contribution is 7.89. The zero-order chi connectivity index (χ0) is 21.0. The van der Waals surface area contributed by atoms with Gasteiger partial charge in [-0.1, -0.05) is 18.6 Å². The molecule has 30 heavy (non-hydrogen) atoms. The Kier molecular flexibility index (Phi) is 6.46. The molecular weight excluding hydrogens is 398 g/mol. The molecule has 0 atom stereocenters.